The van der Waals surface area contributed by atoms with Gasteiger partial charge in [0.2, 0.25) is 10.0 Å². The highest BCUT2D eigenvalue weighted by Crippen LogP contribution is 2.16. The van der Waals surface area contributed by atoms with Gasteiger partial charge in [-0.2, -0.15) is 0 Å². The standard InChI is InChI=1S/C11H16N2O2S/c1-3-6-13-16(14,15)11-7-10(8-12)5-4-9(11)2/h3-5,7,13H,1,6,8,12H2,2H3. The highest BCUT2D eigenvalue weighted by Gasteiger charge is 2.15. The average molecular weight is 240 g/mol. The van der Waals surface area contributed by atoms with E-state index >= 15 is 0 Å². The molecule has 4 nitrogen and oxygen atoms in total. The Morgan fingerprint density at radius 1 is 1.50 bits per heavy atom. The van der Waals surface area contributed by atoms with E-state index in [1.165, 1.54) is 6.08 Å². The molecule has 0 aliphatic heterocycles. The normalized spacial score (nSPS) is 11.4. The second-order valence-corrected chi connectivity index (χ2v) is 5.18. The van der Waals surface area contributed by atoms with Crippen LogP contribution in [0.15, 0.2) is 35.7 Å². The van der Waals surface area contributed by atoms with Crippen molar-refractivity contribution in [3.05, 3.63) is 42.0 Å². The minimum atomic E-state index is -3.46. The average Bonchev–Trinajstić information content (AvgIpc) is 2.27. The Kier molecular flexibility index (Phi) is 4.23. The molecule has 1 aromatic carbocycles. The predicted molar refractivity (Wildman–Crippen MR) is 64.5 cm³/mol. The highest BCUT2D eigenvalue weighted by atomic mass is 32.2. The van der Waals surface area contributed by atoms with Crippen LogP contribution in [0.25, 0.3) is 0 Å². The van der Waals surface area contributed by atoms with Gasteiger partial charge in [0.1, 0.15) is 0 Å². The lowest BCUT2D eigenvalue weighted by atomic mass is 10.1. The summed E-state index contributed by atoms with van der Waals surface area (Å²) in [5, 5.41) is 0. The van der Waals surface area contributed by atoms with Gasteiger partial charge in [0, 0.05) is 13.1 Å². The van der Waals surface area contributed by atoms with Gasteiger partial charge < -0.3 is 5.73 Å². The van der Waals surface area contributed by atoms with Gasteiger partial charge in [0.15, 0.2) is 0 Å². The molecule has 5 heteroatoms. The molecule has 0 saturated heterocycles. The molecule has 16 heavy (non-hydrogen) atoms. The Morgan fingerprint density at radius 2 is 2.19 bits per heavy atom. The van der Waals surface area contributed by atoms with E-state index in [1.807, 2.05) is 6.07 Å². The van der Waals surface area contributed by atoms with E-state index in [4.69, 9.17) is 5.73 Å². The molecule has 0 aromatic heterocycles. The van der Waals surface area contributed by atoms with E-state index in [0.29, 0.717) is 12.1 Å². The number of aryl methyl sites for hydroxylation is 1. The molecule has 0 aliphatic rings. The Hall–Kier alpha value is -1.17. The second-order valence-electron chi connectivity index (χ2n) is 3.44. The first-order valence-corrected chi connectivity index (χ1v) is 6.39. The van der Waals surface area contributed by atoms with Crippen molar-refractivity contribution in [1.82, 2.24) is 4.72 Å². The highest BCUT2D eigenvalue weighted by molar-refractivity contribution is 7.89. The topological polar surface area (TPSA) is 72.2 Å². The third-order valence-corrected chi connectivity index (χ3v) is 3.76. The first kappa shape index (κ1) is 12.9. The van der Waals surface area contributed by atoms with Gasteiger partial charge in [0.05, 0.1) is 4.90 Å². The maximum absolute atomic E-state index is 11.9. The molecule has 0 bridgehead atoms. The summed E-state index contributed by atoms with van der Waals surface area (Å²) >= 11 is 0. The van der Waals surface area contributed by atoms with E-state index < -0.39 is 10.0 Å². The summed E-state index contributed by atoms with van der Waals surface area (Å²) in [5.41, 5.74) is 6.98. The lowest BCUT2D eigenvalue weighted by Gasteiger charge is -2.09. The molecule has 0 atom stereocenters. The molecule has 1 aromatic rings. The van der Waals surface area contributed by atoms with Gasteiger partial charge in [-0.05, 0) is 24.1 Å². The fourth-order valence-corrected chi connectivity index (χ4v) is 2.60. The van der Waals surface area contributed by atoms with Crippen LogP contribution in [0, 0.1) is 6.92 Å². The van der Waals surface area contributed by atoms with Crippen molar-refractivity contribution >= 4 is 10.0 Å². The van der Waals surface area contributed by atoms with E-state index in [-0.39, 0.29) is 11.4 Å². The van der Waals surface area contributed by atoms with Gasteiger partial charge in [-0.1, -0.05) is 18.2 Å². The molecule has 0 saturated carbocycles. The lowest BCUT2D eigenvalue weighted by Crippen LogP contribution is -2.24. The maximum Gasteiger partial charge on any atom is 0.241 e. The van der Waals surface area contributed by atoms with Crippen LogP contribution in [-0.4, -0.2) is 15.0 Å². The van der Waals surface area contributed by atoms with E-state index in [0.717, 1.165) is 5.56 Å². The molecule has 0 spiro atoms. The quantitative estimate of drug-likeness (QED) is 0.752. The van der Waals surface area contributed by atoms with Crippen LogP contribution in [0.1, 0.15) is 11.1 Å². The van der Waals surface area contributed by atoms with Crippen LogP contribution in [0.4, 0.5) is 0 Å². The zero-order chi connectivity index (χ0) is 12.2. The molecular formula is C11H16N2O2S. The van der Waals surface area contributed by atoms with Crippen molar-refractivity contribution in [2.45, 2.75) is 18.4 Å². The molecule has 0 aliphatic carbocycles. The zero-order valence-electron chi connectivity index (χ0n) is 9.23. The van der Waals surface area contributed by atoms with Crippen molar-refractivity contribution in [3.63, 3.8) is 0 Å². The van der Waals surface area contributed by atoms with Gasteiger partial charge in [-0.25, -0.2) is 13.1 Å². The molecule has 0 heterocycles. The van der Waals surface area contributed by atoms with Gasteiger partial charge in [-0.3, -0.25) is 0 Å². The summed E-state index contributed by atoms with van der Waals surface area (Å²) < 4.78 is 26.2. The molecule has 0 unspecified atom stereocenters. The van der Waals surface area contributed by atoms with E-state index in [1.54, 1.807) is 19.1 Å². The summed E-state index contributed by atoms with van der Waals surface area (Å²) in [5.74, 6) is 0. The third-order valence-electron chi connectivity index (χ3n) is 2.20. The summed E-state index contributed by atoms with van der Waals surface area (Å²) in [4.78, 5) is 0.275. The number of sulfonamides is 1. The first-order chi connectivity index (χ1) is 7.51. The summed E-state index contributed by atoms with van der Waals surface area (Å²) in [7, 11) is -3.46. The Labute approximate surface area is 96.2 Å². The van der Waals surface area contributed by atoms with E-state index in [9.17, 15) is 8.42 Å². The fraction of sp³-hybridized carbons (Fsp3) is 0.273. The third kappa shape index (κ3) is 2.91. The predicted octanol–water partition coefficient (Wildman–Crippen LogP) is 0.918. The number of benzene rings is 1. The number of hydrogen-bond donors (Lipinski definition) is 2. The number of nitrogens with one attached hydrogen (secondary N) is 1. The zero-order valence-corrected chi connectivity index (χ0v) is 10.0. The van der Waals surface area contributed by atoms with Crippen LogP contribution in [-0.2, 0) is 16.6 Å². The van der Waals surface area contributed by atoms with Crippen molar-refractivity contribution in [1.29, 1.82) is 0 Å². The summed E-state index contributed by atoms with van der Waals surface area (Å²) in [6, 6.07) is 5.17. The maximum atomic E-state index is 11.9. The molecule has 0 radical (unpaired) electrons. The summed E-state index contributed by atoms with van der Waals surface area (Å²) in [6.45, 7) is 5.76. The first-order valence-electron chi connectivity index (χ1n) is 4.91. The largest absolute Gasteiger partial charge is 0.326 e. The Morgan fingerprint density at radius 3 is 2.75 bits per heavy atom. The van der Waals surface area contributed by atoms with Crippen molar-refractivity contribution in [2.24, 2.45) is 5.73 Å². The number of nitrogens with two attached hydrogens (primary N) is 1. The minimum absolute atomic E-state index is 0.217. The molecular weight excluding hydrogens is 224 g/mol. The van der Waals surface area contributed by atoms with Crippen molar-refractivity contribution < 1.29 is 8.42 Å². The smallest absolute Gasteiger partial charge is 0.241 e. The summed E-state index contributed by atoms with van der Waals surface area (Å²) in [6.07, 6.45) is 1.50. The van der Waals surface area contributed by atoms with Gasteiger partial charge in [0.25, 0.3) is 0 Å². The monoisotopic (exact) mass is 240 g/mol. The van der Waals surface area contributed by atoms with Crippen LogP contribution < -0.4 is 10.5 Å². The Balaban J connectivity index is 3.15. The van der Waals surface area contributed by atoms with Crippen LogP contribution in [0.5, 0.6) is 0 Å². The minimum Gasteiger partial charge on any atom is -0.326 e. The fourth-order valence-electron chi connectivity index (χ4n) is 1.31. The molecule has 0 amide bonds. The Bertz CT molecular complexity index is 481. The van der Waals surface area contributed by atoms with Crippen LogP contribution >= 0.6 is 0 Å². The van der Waals surface area contributed by atoms with Crippen LogP contribution in [0.3, 0.4) is 0 Å². The number of rotatable bonds is 5. The van der Waals surface area contributed by atoms with Crippen molar-refractivity contribution in [2.75, 3.05) is 6.54 Å². The molecule has 88 valence electrons. The SMILES string of the molecule is C=CCNS(=O)(=O)c1cc(CN)ccc1C. The van der Waals surface area contributed by atoms with Gasteiger partial charge in [-0.15, -0.1) is 6.58 Å². The molecule has 3 N–H and O–H groups in total. The van der Waals surface area contributed by atoms with E-state index in [2.05, 4.69) is 11.3 Å². The second kappa shape index (κ2) is 5.25. The van der Waals surface area contributed by atoms with Gasteiger partial charge >= 0.3 is 0 Å². The van der Waals surface area contributed by atoms with Crippen molar-refractivity contribution in [3.8, 4) is 0 Å². The van der Waals surface area contributed by atoms with Crippen LogP contribution in [0.2, 0.25) is 0 Å². The molecule has 0 fully saturated rings. The molecule has 1 rings (SSSR count). The lowest BCUT2D eigenvalue weighted by molar-refractivity contribution is 0.585. The number of hydrogen-bond acceptors (Lipinski definition) is 3.